The van der Waals surface area contributed by atoms with Crippen LogP contribution < -0.4 is 14.8 Å². The van der Waals surface area contributed by atoms with Crippen molar-refractivity contribution < 1.29 is 28.5 Å². The molecule has 3 aromatic rings. The zero-order valence-electron chi connectivity index (χ0n) is 18.8. The molecule has 0 saturated heterocycles. The number of benzene rings is 3. The van der Waals surface area contributed by atoms with Crippen molar-refractivity contribution in [2.24, 2.45) is 0 Å². The minimum atomic E-state index is -0.973. The fourth-order valence-electron chi connectivity index (χ4n) is 3.16. The maximum Gasteiger partial charge on any atom is 0.412 e. The van der Waals surface area contributed by atoms with Crippen LogP contribution in [0.1, 0.15) is 32.4 Å². The number of fused-ring (bicyclic) bond motifs is 1. The lowest BCUT2D eigenvalue weighted by molar-refractivity contribution is -0.149. The largest absolute Gasteiger partial charge is 0.497 e. The molecule has 0 bridgehead atoms. The molecular formula is C25H27NO6. The molecule has 3 aromatic carbocycles. The van der Waals surface area contributed by atoms with Gasteiger partial charge in [-0.2, -0.15) is 0 Å². The van der Waals surface area contributed by atoms with E-state index in [1.165, 1.54) is 7.11 Å². The van der Waals surface area contributed by atoms with E-state index in [-0.39, 0.29) is 0 Å². The number of hydrogen-bond acceptors (Lipinski definition) is 6. The summed E-state index contributed by atoms with van der Waals surface area (Å²) in [6.07, 6.45) is -1.53. The first-order chi connectivity index (χ1) is 15.2. The summed E-state index contributed by atoms with van der Waals surface area (Å²) in [6.45, 7) is 5.40. The van der Waals surface area contributed by atoms with Gasteiger partial charge in [-0.3, -0.25) is 5.32 Å². The van der Waals surface area contributed by atoms with E-state index < -0.39 is 23.8 Å². The summed E-state index contributed by atoms with van der Waals surface area (Å²) in [5.41, 5.74) is 0.577. The number of amides is 1. The molecule has 0 heterocycles. The highest BCUT2D eigenvalue weighted by Gasteiger charge is 2.25. The Balaban J connectivity index is 1.95. The lowest BCUT2D eigenvalue weighted by atomic mass is 10.1. The molecule has 0 aromatic heterocycles. The van der Waals surface area contributed by atoms with E-state index in [0.29, 0.717) is 22.7 Å². The van der Waals surface area contributed by atoms with E-state index in [1.807, 2.05) is 24.3 Å². The molecule has 1 amide bonds. The fraction of sp³-hybridized carbons (Fsp3) is 0.280. The van der Waals surface area contributed by atoms with Crippen molar-refractivity contribution in [2.45, 2.75) is 32.5 Å². The van der Waals surface area contributed by atoms with E-state index in [2.05, 4.69) is 5.32 Å². The van der Waals surface area contributed by atoms with Crippen LogP contribution in [0.2, 0.25) is 0 Å². The lowest BCUT2D eigenvalue weighted by Crippen LogP contribution is -2.27. The Morgan fingerprint density at radius 3 is 2.12 bits per heavy atom. The van der Waals surface area contributed by atoms with E-state index in [4.69, 9.17) is 18.9 Å². The van der Waals surface area contributed by atoms with Gasteiger partial charge in [-0.05, 0) is 45.0 Å². The smallest absolute Gasteiger partial charge is 0.412 e. The van der Waals surface area contributed by atoms with Crippen molar-refractivity contribution in [1.82, 2.24) is 0 Å². The Bertz CT molecular complexity index is 1100. The zero-order valence-corrected chi connectivity index (χ0v) is 18.8. The van der Waals surface area contributed by atoms with E-state index >= 15 is 0 Å². The van der Waals surface area contributed by atoms with E-state index in [0.717, 1.165) is 10.8 Å². The lowest BCUT2D eigenvalue weighted by Gasteiger charge is -2.21. The molecule has 0 radical (unpaired) electrons. The SMILES string of the molecule is COC(=O)C(Oc1ccc(NC(=O)OC(C)(C)C)c2ccccc12)c1ccc(OC)cc1. The van der Waals surface area contributed by atoms with Gasteiger partial charge in [0.25, 0.3) is 0 Å². The van der Waals surface area contributed by atoms with Gasteiger partial charge >= 0.3 is 12.1 Å². The Kier molecular flexibility index (Phi) is 6.88. The van der Waals surface area contributed by atoms with Crippen molar-refractivity contribution in [3.63, 3.8) is 0 Å². The third-order valence-electron chi connectivity index (χ3n) is 4.60. The second kappa shape index (κ2) is 9.60. The van der Waals surface area contributed by atoms with Gasteiger partial charge in [-0.15, -0.1) is 0 Å². The van der Waals surface area contributed by atoms with Crippen LogP contribution in [0.4, 0.5) is 10.5 Å². The zero-order chi connectivity index (χ0) is 23.3. The standard InChI is InChI=1S/C25H27NO6/c1-25(2,3)32-24(28)26-20-14-15-21(19-9-7-6-8-18(19)20)31-22(23(27)30-5)16-10-12-17(29-4)13-11-16/h6-15,22H,1-5H3,(H,26,28). The Labute approximate surface area is 187 Å². The molecule has 0 aliphatic rings. The number of carbonyl (C=O) groups is 2. The second-order valence-electron chi connectivity index (χ2n) is 8.08. The first-order valence-electron chi connectivity index (χ1n) is 10.1. The van der Waals surface area contributed by atoms with Crippen LogP contribution in [-0.2, 0) is 14.3 Å². The molecule has 0 aliphatic heterocycles. The molecular weight excluding hydrogens is 410 g/mol. The number of hydrogen-bond donors (Lipinski definition) is 1. The van der Waals surface area contributed by atoms with Crippen LogP contribution in [0.25, 0.3) is 10.8 Å². The summed E-state index contributed by atoms with van der Waals surface area (Å²) < 4.78 is 21.6. The number of nitrogens with one attached hydrogen (secondary N) is 1. The molecule has 32 heavy (non-hydrogen) atoms. The summed E-state index contributed by atoms with van der Waals surface area (Å²) in [5.74, 6) is 0.608. The summed E-state index contributed by atoms with van der Waals surface area (Å²) in [7, 11) is 2.89. The van der Waals surface area contributed by atoms with Crippen molar-refractivity contribution >= 4 is 28.5 Å². The molecule has 1 atom stereocenters. The van der Waals surface area contributed by atoms with Crippen LogP contribution in [0, 0.1) is 0 Å². The van der Waals surface area contributed by atoms with Crippen LogP contribution in [0.3, 0.4) is 0 Å². The number of anilines is 1. The quantitative estimate of drug-likeness (QED) is 0.514. The van der Waals surface area contributed by atoms with Crippen LogP contribution in [0.5, 0.6) is 11.5 Å². The summed E-state index contributed by atoms with van der Waals surface area (Å²) in [4.78, 5) is 24.8. The third-order valence-corrected chi connectivity index (χ3v) is 4.60. The van der Waals surface area contributed by atoms with Crippen molar-refractivity contribution in [3.8, 4) is 11.5 Å². The summed E-state index contributed by atoms with van der Waals surface area (Å²) in [6, 6.07) is 17.8. The minimum absolute atomic E-state index is 0.474. The molecule has 0 fully saturated rings. The second-order valence-corrected chi connectivity index (χ2v) is 8.08. The molecule has 7 heteroatoms. The number of carbonyl (C=O) groups excluding carboxylic acids is 2. The molecule has 1 N–H and O–H groups in total. The highest BCUT2D eigenvalue weighted by atomic mass is 16.6. The fourth-order valence-corrected chi connectivity index (χ4v) is 3.16. The van der Waals surface area contributed by atoms with Crippen LogP contribution >= 0.6 is 0 Å². The average molecular weight is 437 g/mol. The molecule has 0 saturated carbocycles. The summed E-state index contributed by atoms with van der Waals surface area (Å²) in [5, 5.41) is 4.25. The number of rotatable bonds is 6. The molecule has 1 unspecified atom stereocenters. The molecule has 3 rings (SSSR count). The molecule has 168 valence electrons. The molecule has 0 spiro atoms. The first kappa shape index (κ1) is 22.9. The topological polar surface area (TPSA) is 83.1 Å². The first-order valence-corrected chi connectivity index (χ1v) is 10.1. The van der Waals surface area contributed by atoms with Crippen molar-refractivity contribution in [2.75, 3.05) is 19.5 Å². The van der Waals surface area contributed by atoms with Crippen LogP contribution in [-0.4, -0.2) is 31.9 Å². The molecule has 7 nitrogen and oxygen atoms in total. The highest BCUT2D eigenvalue weighted by Crippen LogP contribution is 2.35. The average Bonchev–Trinajstić information content (AvgIpc) is 2.77. The maximum atomic E-state index is 12.5. The Hall–Kier alpha value is -3.74. The number of ether oxygens (including phenoxy) is 4. The van der Waals surface area contributed by atoms with Gasteiger partial charge in [-0.25, -0.2) is 9.59 Å². The number of esters is 1. The van der Waals surface area contributed by atoms with Crippen molar-refractivity contribution in [1.29, 1.82) is 0 Å². The van der Waals surface area contributed by atoms with Gasteiger partial charge in [0, 0.05) is 16.3 Å². The van der Waals surface area contributed by atoms with E-state index in [1.54, 1.807) is 64.3 Å². The van der Waals surface area contributed by atoms with Gasteiger partial charge in [0.15, 0.2) is 0 Å². The van der Waals surface area contributed by atoms with Crippen LogP contribution in [0.15, 0.2) is 60.7 Å². The predicted octanol–water partition coefficient (Wildman–Crippen LogP) is 5.49. The normalized spacial score (nSPS) is 12.0. The third kappa shape index (κ3) is 5.49. The van der Waals surface area contributed by atoms with Crippen molar-refractivity contribution in [3.05, 3.63) is 66.2 Å². The maximum absolute atomic E-state index is 12.5. The number of methoxy groups -OCH3 is 2. The highest BCUT2D eigenvalue weighted by molar-refractivity contribution is 6.03. The van der Waals surface area contributed by atoms with Gasteiger partial charge in [0.2, 0.25) is 6.10 Å². The minimum Gasteiger partial charge on any atom is -0.497 e. The molecule has 0 aliphatic carbocycles. The van der Waals surface area contributed by atoms with Gasteiger partial charge in [0.05, 0.1) is 19.9 Å². The van der Waals surface area contributed by atoms with E-state index in [9.17, 15) is 9.59 Å². The predicted molar refractivity (Wildman–Crippen MR) is 122 cm³/mol. The Morgan fingerprint density at radius 1 is 0.875 bits per heavy atom. The Morgan fingerprint density at radius 2 is 1.53 bits per heavy atom. The summed E-state index contributed by atoms with van der Waals surface area (Å²) >= 11 is 0. The monoisotopic (exact) mass is 437 g/mol. The van der Waals surface area contributed by atoms with Gasteiger partial charge in [-0.1, -0.05) is 36.4 Å². The van der Waals surface area contributed by atoms with Gasteiger partial charge in [0.1, 0.15) is 17.1 Å². The van der Waals surface area contributed by atoms with Gasteiger partial charge < -0.3 is 18.9 Å².